The maximum atomic E-state index is 12.4. The van der Waals surface area contributed by atoms with Gasteiger partial charge in [-0.3, -0.25) is 14.8 Å². The number of nitrogens with two attached hydrogens (primary N) is 1. The lowest BCUT2D eigenvalue weighted by atomic mass is 10.1. The lowest BCUT2D eigenvalue weighted by molar-refractivity contribution is -0.133. The van der Waals surface area contributed by atoms with E-state index in [1.165, 1.54) is 12.4 Å². The quantitative estimate of drug-likeness (QED) is 0.133. The number of hydroxylamine groups is 1. The average Bonchev–Trinajstić information content (AvgIpc) is 2.90. The molecule has 0 aliphatic heterocycles. The van der Waals surface area contributed by atoms with Crippen molar-refractivity contribution in [2.24, 2.45) is 5.73 Å². The Balaban J connectivity index is 1.52. The Kier molecular flexibility index (Phi) is 9.63. The normalized spacial score (nSPS) is 12.9. The highest BCUT2D eigenvalue weighted by atomic mass is 16.5. The van der Waals surface area contributed by atoms with Gasteiger partial charge in [0.2, 0.25) is 0 Å². The van der Waals surface area contributed by atoms with E-state index in [1.807, 2.05) is 36.4 Å². The third-order valence-electron chi connectivity index (χ3n) is 5.55. The maximum Gasteiger partial charge on any atom is 0.268 e. The summed E-state index contributed by atoms with van der Waals surface area (Å²) >= 11 is 0. The first-order valence-electron chi connectivity index (χ1n) is 11.7. The highest BCUT2D eigenvalue weighted by Crippen LogP contribution is 2.13. The number of rotatable bonds is 9. The highest BCUT2D eigenvalue weighted by Gasteiger charge is 2.25. The zero-order valence-electron chi connectivity index (χ0n) is 20.3. The van der Waals surface area contributed by atoms with Crippen LogP contribution in [0.5, 0.6) is 5.75 Å². The van der Waals surface area contributed by atoms with Crippen molar-refractivity contribution in [1.82, 2.24) is 10.8 Å². The van der Waals surface area contributed by atoms with Crippen LogP contribution in [-0.2, 0) is 11.2 Å². The van der Waals surface area contributed by atoms with E-state index in [-0.39, 0.29) is 17.4 Å². The SMILES string of the molecule is C[C@@H](O)[C@H](NC(=O)c1ccc(C#Cc2ccc(NC[C@@H](N)Cc3ccc(O)cc3)cc2)cc1)C(=O)NO. The second kappa shape index (κ2) is 13.1. The Bertz CT molecular complexity index is 1250. The number of benzene rings is 3. The van der Waals surface area contributed by atoms with Crippen LogP contribution >= 0.6 is 0 Å². The van der Waals surface area contributed by atoms with Gasteiger partial charge >= 0.3 is 0 Å². The van der Waals surface area contributed by atoms with Crippen molar-refractivity contribution in [2.75, 3.05) is 11.9 Å². The number of hydrogen-bond acceptors (Lipinski definition) is 7. The lowest BCUT2D eigenvalue weighted by Crippen LogP contribution is -2.51. The van der Waals surface area contributed by atoms with Crippen LogP contribution < -0.4 is 21.8 Å². The number of amides is 2. The van der Waals surface area contributed by atoms with Crippen LogP contribution in [0.1, 0.15) is 34.0 Å². The molecule has 2 amide bonds. The number of nitrogens with one attached hydrogen (secondary N) is 3. The molecule has 192 valence electrons. The van der Waals surface area contributed by atoms with E-state index >= 15 is 0 Å². The predicted molar refractivity (Wildman–Crippen MR) is 140 cm³/mol. The zero-order valence-corrected chi connectivity index (χ0v) is 20.3. The molecule has 9 heteroatoms. The minimum Gasteiger partial charge on any atom is -0.508 e. The molecule has 3 rings (SSSR count). The molecular formula is C28H30N4O5. The van der Waals surface area contributed by atoms with Crippen LogP contribution in [0.25, 0.3) is 0 Å². The maximum absolute atomic E-state index is 12.4. The van der Waals surface area contributed by atoms with Gasteiger partial charge in [0.05, 0.1) is 6.10 Å². The summed E-state index contributed by atoms with van der Waals surface area (Å²) in [6, 6.07) is 19.7. The molecule has 9 nitrogen and oxygen atoms in total. The van der Waals surface area contributed by atoms with Crippen molar-refractivity contribution in [3.05, 3.63) is 95.1 Å². The average molecular weight is 503 g/mol. The molecule has 0 aromatic heterocycles. The fraction of sp³-hybridized carbons (Fsp3) is 0.214. The number of phenols is 1. The first kappa shape index (κ1) is 27.2. The summed E-state index contributed by atoms with van der Waals surface area (Å²) in [6.45, 7) is 1.92. The van der Waals surface area contributed by atoms with Crippen molar-refractivity contribution in [2.45, 2.75) is 31.5 Å². The van der Waals surface area contributed by atoms with Crippen molar-refractivity contribution < 1.29 is 25.0 Å². The Morgan fingerprint density at radius 1 is 0.919 bits per heavy atom. The summed E-state index contributed by atoms with van der Waals surface area (Å²) in [4.78, 5) is 23.9. The smallest absolute Gasteiger partial charge is 0.268 e. The Hall–Kier alpha value is -4.36. The van der Waals surface area contributed by atoms with Gasteiger partial charge in [-0.05, 0) is 79.6 Å². The molecule has 0 aliphatic rings. The van der Waals surface area contributed by atoms with Crippen LogP contribution in [0.4, 0.5) is 5.69 Å². The van der Waals surface area contributed by atoms with Gasteiger partial charge in [-0.25, -0.2) is 5.48 Å². The fourth-order valence-electron chi connectivity index (χ4n) is 3.48. The van der Waals surface area contributed by atoms with Gasteiger partial charge in [-0.15, -0.1) is 0 Å². The molecule has 37 heavy (non-hydrogen) atoms. The molecule has 0 unspecified atom stereocenters. The highest BCUT2D eigenvalue weighted by molar-refractivity contribution is 5.97. The molecule has 3 aromatic carbocycles. The van der Waals surface area contributed by atoms with Crippen LogP contribution in [0.2, 0.25) is 0 Å². The van der Waals surface area contributed by atoms with Gasteiger partial charge in [0.25, 0.3) is 11.8 Å². The molecule has 0 saturated heterocycles. The first-order chi connectivity index (χ1) is 17.7. The molecular weight excluding hydrogens is 472 g/mol. The van der Waals surface area contributed by atoms with E-state index < -0.39 is 24.0 Å². The van der Waals surface area contributed by atoms with E-state index in [9.17, 15) is 19.8 Å². The molecule has 0 aliphatic carbocycles. The van der Waals surface area contributed by atoms with Crippen molar-refractivity contribution in [3.8, 4) is 17.6 Å². The van der Waals surface area contributed by atoms with E-state index in [2.05, 4.69) is 22.5 Å². The molecule has 3 atom stereocenters. The summed E-state index contributed by atoms with van der Waals surface area (Å²) in [5.41, 5.74) is 11.4. The molecule has 3 aromatic rings. The largest absolute Gasteiger partial charge is 0.508 e. The van der Waals surface area contributed by atoms with Gasteiger partial charge < -0.3 is 26.6 Å². The van der Waals surface area contributed by atoms with Crippen LogP contribution in [0.15, 0.2) is 72.8 Å². The molecule has 0 spiro atoms. The number of aliphatic hydroxyl groups excluding tert-OH is 1. The summed E-state index contributed by atoms with van der Waals surface area (Å²) in [6.07, 6.45) is -0.499. The van der Waals surface area contributed by atoms with E-state index in [4.69, 9.17) is 10.9 Å². The number of carbonyl (C=O) groups is 2. The van der Waals surface area contributed by atoms with Crippen molar-refractivity contribution >= 4 is 17.5 Å². The molecule has 8 N–H and O–H groups in total. The third kappa shape index (κ3) is 8.37. The fourth-order valence-corrected chi connectivity index (χ4v) is 3.48. The number of hydrogen-bond donors (Lipinski definition) is 7. The summed E-state index contributed by atoms with van der Waals surface area (Å²) in [7, 11) is 0. The van der Waals surface area contributed by atoms with E-state index in [0.717, 1.165) is 16.8 Å². The third-order valence-corrected chi connectivity index (χ3v) is 5.55. The standard InChI is InChI=1S/C28H30N4O5/c1-18(33)26(28(36)32-37)31-27(35)22-10-4-19(5-11-22)2-3-20-6-12-24(13-7-20)30-17-23(29)16-21-8-14-25(34)15-9-21/h4-15,18,23,26,30,33-34,37H,16-17,29H2,1H3,(H,31,35)(H,32,36)/t18-,23+,26+/m1/s1. The van der Waals surface area contributed by atoms with Crippen LogP contribution in [0, 0.1) is 11.8 Å². The van der Waals surface area contributed by atoms with Gasteiger partial charge in [0, 0.05) is 35.0 Å². The lowest BCUT2D eigenvalue weighted by Gasteiger charge is -2.19. The van der Waals surface area contributed by atoms with E-state index in [1.54, 1.807) is 36.4 Å². The number of carbonyl (C=O) groups excluding carboxylic acids is 2. The van der Waals surface area contributed by atoms with Gasteiger partial charge in [-0.1, -0.05) is 24.0 Å². The van der Waals surface area contributed by atoms with Crippen molar-refractivity contribution in [1.29, 1.82) is 0 Å². The Labute approximate surface area is 215 Å². The molecule has 0 saturated carbocycles. The monoisotopic (exact) mass is 502 g/mol. The van der Waals surface area contributed by atoms with Gasteiger partial charge in [0.15, 0.2) is 0 Å². The molecule has 0 bridgehead atoms. The van der Waals surface area contributed by atoms with Crippen LogP contribution in [-0.4, -0.2) is 52.0 Å². The summed E-state index contributed by atoms with van der Waals surface area (Å²) in [5, 5.41) is 33.5. The molecule has 0 radical (unpaired) electrons. The summed E-state index contributed by atoms with van der Waals surface area (Å²) < 4.78 is 0. The Morgan fingerprint density at radius 3 is 2.03 bits per heavy atom. The second-order valence-corrected chi connectivity index (χ2v) is 8.58. The van der Waals surface area contributed by atoms with Crippen molar-refractivity contribution in [3.63, 3.8) is 0 Å². The summed E-state index contributed by atoms with van der Waals surface area (Å²) in [5.74, 6) is 4.86. The van der Waals surface area contributed by atoms with E-state index in [0.29, 0.717) is 18.5 Å². The predicted octanol–water partition coefficient (Wildman–Crippen LogP) is 1.76. The van der Waals surface area contributed by atoms with Crippen LogP contribution in [0.3, 0.4) is 0 Å². The molecule has 0 heterocycles. The number of anilines is 1. The molecule has 0 fully saturated rings. The second-order valence-electron chi connectivity index (χ2n) is 8.58. The number of phenolic OH excluding ortho intramolecular Hbond substituents is 1. The Morgan fingerprint density at radius 2 is 1.49 bits per heavy atom. The topological polar surface area (TPSA) is 157 Å². The number of aromatic hydroxyl groups is 1. The minimum absolute atomic E-state index is 0.0844. The van der Waals surface area contributed by atoms with Gasteiger partial charge in [0.1, 0.15) is 11.8 Å². The minimum atomic E-state index is -1.29. The first-order valence-corrected chi connectivity index (χ1v) is 11.7. The van der Waals surface area contributed by atoms with Gasteiger partial charge in [-0.2, -0.15) is 0 Å². The zero-order chi connectivity index (χ0) is 26.8. The number of aliphatic hydroxyl groups is 1.